The van der Waals surface area contributed by atoms with Gasteiger partial charge in [-0.3, -0.25) is 9.59 Å². The number of amides is 1. The van der Waals surface area contributed by atoms with Crippen molar-refractivity contribution < 1.29 is 19.4 Å². The number of hydrogen-bond donors (Lipinski definition) is 2. The summed E-state index contributed by atoms with van der Waals surface area (Å²) in [4.78, 5) is 23.5. The highest BCUT2D eigenvalue weighted by Crippen LogP contribution is 2.23. The standard InChI is InChI=1S/C17H23NO4/c1-12-4-2-3-5-14(12)10-16(19)18-11-15(17(20)21)13-6-8-22-9-7-13/h2-5,13,15H,6-11H2,1H3,(H,18,19)(H,20,21). The van der Waals surface area contributed by atoms with Gasteiger partial charge in [-0.15, -0.1) is 0 Å². The lowest BCUT2D eigenvalue weighted by atomic mass is 9.86. The highest BCUT2D eigenvalue weighted by Gasteiger charge is 2.29. The zero-order valence-corrected chi connectivity index (χ0v) is 12.9. The number of nitrogens with one attached hydrogen (secondary N) is 1. The van der Waals surface area contributed by atoms with Gasteiger partial charge in [-0.1, -0.05) is 24.3 Å². The summed E-state index contributed by atoms with van der Waals surface area (Å²) in [6.07, 6.45) is 1.77. The Morgan fingerprint density at radius 2 is 2.00 bits per heavy atom. The lowest BCUT2D eigenvalue weighted by molar-refractivity contribution is -0.144. The highest BCUT2D eigenvalue weighted by atomic mass is 16.5. The van der Waals surface area contributed by atoms with Gasteiger partial charge in [0.15, 0.2) is 0 Å². The molecular weight excluding hydrogens is 282 g/mol. The highest BCUT2D eigenvalue weighted by molar-refractivity contribution is 5.80. The van der Waals surface area contributed by atoms with Crippen molar-refractivity contribution in [2.45, 2.75) is 26.2 Å². The van der Waals surface area contributed by atoms with E-state index in [9.17, 15) is 14.7 Å². The second-order valence-electron chi connectivity index (χ2n) is 5.80. The van der Waals surface area contributed by atoms with Crippen LogP contribution in [0.3, 0.4) is 0 Å². The quantitative estimate of drug-likeness (QED) is 0.840. The summed E-state index contributed by atoms with van der Waals surface area (Å²) in [5, 5.41) is 12.2. The van der Waals surface area contributed by atoms with Crippen LogP contribution in [-0.4, -0.2) is 36.7 Å². The topological polar surface area (TPSA) is 75.6 Å². The summed E-state index contributed by atoms with van der Waals surface area (Å²) in [5.74, 6) is -1.44. The Morgan fingerprint density at radius 3 is 2.64 bits per heavy atom. The molecule has 1 aliphatic heterocycles. The third-order valence-corrected chi connectivity index (χ3v) is 4.28. The molecule has 1 fully saturated rings. The SMILES string of the molecule is Cc1ccccc1CC(=O)NCC(C(=O)O)C1CCOCC1. The molecule has 1 amide bonds. The van der Waals surface area contributed by atoms with E-state index < -0.39 is 11.9 Å². The average molecular weight is 305 g/mol. The van der Waals surface area contributed by atoms with Crippen molar-refractivity contribution in [1.82, 2.24) is 5.32 Å². The predicted molar refractivity (Wildman–Crippen MR) is 82.6 cm³/mol. The van der Waals surface area contributed by atoms with Gasteiger partial charge in [0.05, 0.1) is 12.3 Å². The molecule has 5 heteroatoms. The van der Waals surface area contributed by atoms with E-state index in [0.717, 1.165) is 24.0 Å². The zero-order valence-electron chi connectivity index (χ0n) is 12.9. The van der Waals surface area contributed by atoms with Crippen LogP contribution in [0.15, 0.2) is 24.3 Å². The van der Waals surface area contributed by atoms with Crippen molar-refractivity contribution in [2.24, 2.45) is 11.8 Å². The maximum Gasteiger partial charge on any atom is 0.308 e. The molecule has 0 saturated carbocycles. The molecule has 22 heavy (non-hydrogen) atoms. The van der Waals surface area contributed by atoms with Crippen LogP contribution < -0.4 is 5.32 Å². The van der Waals surface area contributed by atoms with Crippen LogP contribution in [0.1, 0.15) is 24.0 Å². The van der Waals surface area contributed by atoms with Crippen LogP contribution in [0.25, 0.3) is 0 Å². The van der Waals surface area contributed by atoms with Gasteiger partial charge >= 0.3 is 5.97 Å². The molecular formula is C17H23NO4. The molecule has 0 aromatic heterocycles. The molecule has 1 unspecified atom stereocenters. The minimum Gasteiger partial charge on any atom is -0.481 e. The van der Waals surface area contributed by atoms with Crippen molar-refractivity contribution in [3.63, 3.8) is 0 Å². The number of hydrogen-bond acceptors (Lipinski definition) is 3. The second-order valence-corrected chi connectivity index (χ2v) is 5.80. The van der Waals surface area contributed by atoms with Gasteiger partial charge in [-0.2, -0.15) is 0 Å². The molecule has 1 aromatic carbocycles. The van der Waals surface area contributed by atoms with Crippen molar-refractivity contribution in [3.8, 4) is 0 Å². The summed E-state index contributed by atoms with van der Waals surface area (Å²) < 4.78 is 5.27. The molecule has 1 heterocycles. The number of carbonyl (C=O) groups excluding carboxylic acids is 1. The number of rotatable bonds is 6. The molecule has 0 radical (unpaired) electrons. The summed E-state index contributed by atoms with van der Waals surface area (Å²) in [6.45, 7) is 3.35. The van der Waals surface area contributed by atoms with Crippen molar-refractivity contribution in [1.29, 1.82) is 0 Å². The Labute approximate surface area is 130 Å². The fourth-order valence-electron chi connectivity index (χ4n) is 2.84. The Hall–Kier alpha value is -1.88. The van der Waals surface area contributed by atoms with Gasteiger partial charge < -0.3 is 15.2 Å². The first-order valence-electron chi connectivity index (χ1n) is 7.69. The minimum atomic E-state index is -0.844. The Balaban J connectivity index is 1.87. The summed E-state index contributed by atoms with van der Waals surface area (Å²) in [6, 6.07) is 7.72. The molecule has 2 N–H and O–H groups in total. The van der Waals surface area contributed by atoms with Crippen LogP contribution in [0.2, 0.25) is 0 Å². The first-order chi connectivity index (χ1) is 10.6. The maximum absolute atomic E-state index is 12.0. The lowest BCUT2D eigenvalue weighted by Crippen LogP contribution is -2.39. The van der Waals surface area contributed by atoms with E-state index in [1.165, 1.54) is 0 Å². The maximum atomic E-state index is 12.0. The van der Waals surface area contributed by atoms with E-state index in [2.05, 4.69) is 5.32 Å². The van der Waals surface area contributed by atoms with Gasteiger partial charge in [-0.05, 0) is 36.8 Å². The van der Waals surface area contributed by atoms with E-state index in [0.29, 0.717) is 13.2 Å². The van der Waals surface area contributed by atoms with E-state index >= 15 is 0 Å². The van der Waals surface area contributed by atoms with Crippen LogP contribution >= 0.6 is 0 Å². The monoisotopic (exact) mass is 305 g/mol. The van der Waals surface area contributed by atoms with Gasteiger partial charge in [0, 0.05) is 19.8 Å². The summed E-state index contributed by atoms with van der Waals surface area (Å²) in [5.41, 5.74) is 2.04. The van der Waals surface area contributed by atoms with Gasteiger partial charge in [0.2, 0.25) is 5.91 Å². The average Bonchev–Trinajstić information content (AvgIpc) is 2.50. The van der Waals surface area contributed by atoms with Crippen LogP contribution in [0.5, 0.6) is 0 Å². The Kier molecular flexibility index (Phi) is 5.95. The molecule has 1 aliphatic rings. The minimum absolute atomic E-state index is 0.0741. The number of aliphatic carboxylic acids is 1. The number of carboxylic acids is 1. The number of carboxylic acid groups (broad SMARTS) is 1. The molecule has 1 aromatic rings. The largest absolute Gasteiger partial charge is 0.481 e. The Bertz CT molecular complexity index is 523. The van der Waals surface area contributed by atoms with E-state index in [1.54, 1.807) is 0 Å². The molecule has 0 spiro atoms. The number of aryl methyl sites for hydroxylation is 1. The van der Waals surface area contributed by atoms with Crippen molar-refractivity contribution in [3.05, 3.63) is 35.4 Å². The fraction of sp³-hybridized carbons (Fsp3) is 0.529. The number of ether oxygens (including phenoxy) is 1. The fourth-order valence-corrected chi connectivity index (χ4v) is 2.84. The molecule has 1 saturated heterocycles. The third kappa shape index (κ3) is 4.56. The normalized spacial score (nSPS) is 17.0. The number of carbonyl (C=O) groups is 2. The lowest BCUT2D eigenvalue weighted by Gasteiger charge is -2.27. The molecule has 120 valence electrons. The summed E-state index contributed by atoms with van der Waals surface area (Å²) >= 11 is 0. The molecule has 0 aliphatic carbocycles. The van der Waals surface area contributed by atoms with Gasteiger partial charge in [0.25, 0.3) is 0 Å². The van der Waals surface area contributed by atoms with Crippen molar-refractivity contribution in [2.75, 3.05) is 19.8 Å². The van der Waals surface area contributed by atoms with E-state index in [4.69, 9.17) is 4.74 Å². The first kappa shape index (κ1) is 16.5. The first-order valence-corrected chi connectivity index (χ1v) is 7.69. The second kappa shape index (κ2) is 7.94. The van der Waals surface area contributed by atoms with Crippen molar-refractivity contribution >= 4 is 11.9 Å². The van der Waals surface area contributed by atoms with Crippen LogP contribution in [0.4, 0.5) is 0 Å². The zero-order chi connectivity index (χ0) is 15.9. The van der Waals surface area contributed by atoms with Gasteiger partial charge in [-0.25, -0.2) is 0 Å². The summed E-state index contributed by atoms with van der Waals surface area (Å²) in [7, 11) is 0. The molecule has 1 atom stereocenters. The van der Waals surface area contributed by atoms with Gasteiger partial charge in [0.1, 0.15) is 0 Å². The molecule has 5 nitrogen and oxygen atoms in total. The smallest absolute Gasteiger partial charge is 0.308 e. The van der Waals surface area contributed by atoms with E-state index in [1.807, 2.05) is 31.2 Å². The Morgan fingerprint density at radius 1 is 1.32 bits per heavy atom. The number of benzene rings is 1. The van der Waals surface area contributed by atoms with E-state index in [-0.39, 0.29) is 24.8 Å². The van der Waals surface area contributed by atoms with Crippen LogP contribution in [0, 0.1) is 18.8 Å². The molecule has 2 rings (SSSR count). The molecule has 0 bridgehead atoms. The third-order valence-electron chi connectivity index (χ3n) is 4.28. The predicted octanol–water partition coefficient (Wildman–Crippen LogP) is 1.78. The van der Waals surface area contributed by atoms with Crippen LogP contribution in [-0.2, 0) is 20.7 Å².